The Hall–Kier alpha value is -5.45. The van der Waals surface area contributed by atoms with Crippen molar-refractivity contribution in [2.24, 2.45) is 5.10 Å². The van der Waals surface area contributed by atoms with Crippen LogP contribution in [0, 0.1) is 6.92 Å². The van der Waals surface area contributed by atoms with Gasteiger partial charge >= 0.3 is 12.1 Å². The number of benzene rings is 3. The van der Waals surface area contributed by atoms with Crippen molar-refractivity contribution in [1.29, 1.82) is 0 Å². The van der Waals surface area contributed by atoms with E-state index in [1.165, 1.54) is 5.01 Å². The van der Waals surface area contributed by atoms with Crippen molar-refractivity contribution in [2.75, 3.05) is 31.1 Å². The lowest BCUT2D eigenvalue weighted by atomic mass is 9.96. The number of anilines is 1. The highest BCUT2D eigenvalue weighted by molar-refractivity contribution is 6.03. The summed E-state index contributed by atoms with van der Waals surface area (Å²) >= 11 is 0. The van der Waals surface area contributed by atoms with Crippen molar-refractivity contribution in [2.45, 2.75) is 58.6 Å². The molecule has 2 aliphatic heterocycles. The first-order valence-corrected chi connectivity index (χ1v) is 16.6. The molecule has 1 fully saturated rings. The van der Waals surface area contributed by atoms with Crippen LogP contribution in [0.2, 0.25) is 0 Å². The summed E-state index contributed by atoms with van der Waals surface area (Å²) in [5.41, 5.74) is 6.59. The van der Waals surface area contributed by atoms with Crippen molar-refractivity contribution in [3.63, 3.8) is 0 Å². The number of hydrogen-bond acceptors (Lipinski definition) is 7. The number of carboxylic acid groups (broad SMARTS) is 1. The van der Waals surface area contributed by atoms with E-state index in [4.69, 9.17) is 14.9 Å². The SMILES string of the molecule is Cc1ccc(-c2nn(-c3ccccc3)cc2C2CC(c3ccc(N4CCN(C(=O)OC(C)(C)C)CC4)cc3)=NN2C(=O)CCC(=O)O)cc1. The van der Waals surface area contributed by atoms with Gasteiger partial charge < -0.3 is 19.6 Å². The van der Waals surface area contributed by atoms with Gasteiger partial charge in [-0.25, -0.2) is 14.5 Å². The first kappa shape index (κ1) is 33.5. The number of hydrazone groups is 1. The van der Waals surface area contributed by atoms with Gasteiger partial charge in [-0.2, -0.15) is 10.2 Å². The van der Waals surface area contributed by atoms with Crippen molar-refractivity contribution >= 4 is 29.4 Å². The Bertz CT molecular complexity index is 1840. The van der Waals surface area contributed by atoms with Crippen molar-refractivity contribution in [3.05, 3.63) is 102 Å². The summed E-state index contributed by atoms with van der Waals surface area (Å²) in [7, 11) is 0. The summed E-state index contributed by atoms with van der Waals surface area (Å²) in [6.45, 7) is 10.1. The predicted molar refractivity (Wildman–Crippen MR) is 188 cm³/mol. The first-order valence-electron chi connectivity index (χ1n) is 16.6. The number of carbonyl (C=O) groups excluding carboxylic acids is 2. The minimum absolute atomic E-state index is 0.163. The highest BCUT2D eigenvalue weighted by Gasteiger charge is 2.36. The van der Waals surface area contributed by atoms with Gasteiger partial charge in [-0.15, -0.1) is 0 Å². The molecule has 1 aromatic heterocycles. The lowest BCUT2D eigenvalue weighted by Crippen LogP contribution is -2.50. The van der Waals surface area contributed by atoms with Gasteiger partial charge in [0.25, 0.3) is 0 Å². The van der Waals surface area contributed by atoms with Gasteiger partial charge in [0.1, 0.15) is 5.60 Å². The molecule has 1 saturated heterocycles. The Balaban J connectivity index is 1.27. The molecule has 11 nitrogen and oxygen atoms in total. The molecule has 1 N–H and O–H groups in total. The van der Waals surface area contributed by atoms with Gasteiger partial charge in [-0.1, -0.05) is 60.2 Å². The van der Waals surface area contributed by atoms with E-state index in [2.05, 4.69) is 4.90 Å². The minimum Gasteiger partial charge on any atom is -0.481 e. The minimum atomic E-state index is -1.03. The second-order valence-corrected chi connectivity index (χ2v) is 13.5. The number of nitrogens with zero attached hydrogens (tertiary/aromatic N) is 6. The average molecular weight is 663 g/mol. The number of ether oxygens (including phenoxy) is 1. The number of carbonyl (C=O) groups is 3. The summed E-state index contributed by atoms with van der Waals surface area (Å²) in [5.74, 6) is -1.39. The van der Waals surface area contributed by atoms with E-state index in [1.807, 2.05) is 117 Å². The molecular weight excluding hydrogens is 620 g/mol. The smallest absolute Gasteiger partial charge is 0.410 e. The Kier molecular flexibility index (Phi) is 9.53. The monoisotopic (exact) mass is 662 g/mol. The average Bonchev–Trinajstić information content (AvgIpc) is 3.73. The number of carboxylic acids is 1. The van der Waals surface area contributed by atoms with Gasteiger partial charge in [0.05, 0.1) is 29.6 Å². The molecule has 2 amide bonds. The second kappa shape index (κ2) is 14.0. The van der Waals surface area contributed by atoms with Crippen LogP contribution in [-0.2, 0) is 14.3 Å². The van der Waals surface area contributed by atoms with Crippen molar-refractivity contribution in [3.8, 4) is 16.9 Å². The first-order chi connectivity index (χ1) is 23.4. The number of rotatable bonds is 8. The quantitative estimate of drug-likeness (QED) is 0.230. The van der Waals surface area contributed by atoms with Gasteiger partial charge in [0.2, 0.25) is 5.91 Å². The largest absolute Gasteiger partial charge is 0.481 e. The van der Waals surface area contributed by atoms with E-state index in [1.54, 1.807) is 4.90 Å². The fraction of sp³-hybridized carbons (Fsp3) is 0.342. The van der Waals surface area contributed by atoms with Crippen LogP contribution in [0.3, 0.4) is 0 Å². The van der Waals surface area contributed by atoms with E-state index in [0.717, 1.165) is 45.0 Å². The summed E-state index contributed by atoms with van der Waals surface area (Å²) < 4.78 is 7.36. The normalized spacial score (nSPS) is 16.4. The fourth-order valence-electron chi connectivity index (χ4n) is 6.10. The lowest BCUT2D eigenvalue weighted by Gasteiger charge is -2.36. The molecular formula is C38H42N6O5. The van der Waals surface area contributed by atoms with Gasteiger partial charge in [-0.3, -0.25) is 9.59 Å². The fourth-order valence-corrected chi connectivity index (χ4v) is 6.10. The Morgan fingerprint density at radius 1 is 0.837 bits per heavy atom. The molecule has 3 heterocycles. The van der Waals surface area contributed by atoms with Crippen LogP contribution in [0.15, 0.2) is 90.2 Å². The molecule has 4 aromatic rings. The molecule has 254 valence electrons. The maximum atomic E-state index is 13.6. The lowest BCUT2D eigenvalue weighted by molar-refractivity contribution is -0.141. The zero-order chi connectivity index (χ0) is 34.7. The van der Waals surface area contributed by atoms with E-state index < -0.39 is 17.6 Å². The number of para-hydroxylation sites is 1. The van der Waals surface area contributed by atoms with E-state index in [-0.39, 0.29) is 24.8 Å². The number of aryl methyl sites for hydroxylation is 1. The van der Waals surface area contributed by atoms with Gasteiger partial charge in [0, 0.05) is 62.0 Å². The van der Waals surface area contributed by atoms with Gasteiger partial charge in [0.15, 0.2) is 0 Å². The van der Waals surface area contributed by atoms with Crippen LogP contribution >= 0.6 is 0 Å². The summed E-state index contributed by atoms with van der Waals surface area (Å²) in [4.78, 5) is 41.5. The number of piperazine rings is 1. The molecule has 6 rings (SSSR count). The maximum absolute atomic E-state index is 13.6. The third kappa shape index (κ3) is 7.83. The maximum Gasteiger partial charge on any atom is 0.410 e. The molecule has 0 spiro atoms. The zero-order valence-electron chi connectivity index (χ0n) is 28.4. The standard InChI is InChI=1S/C38H42N6O5/c1-26-10-12-28(13-11-26)36-31(25-43(40-36)30-8-6-5-7-9-30)33-24-32(39-44(33)34(45)18-19-35(46)47)27-14-16-29(17-15-27)41-20-22-42(23-21-41)37(48)49-38(2,3)4/h5-17,25,33H,18-24H2,1-4H3,(H,46,47). The Morgan fingerprint density at radius 2 is 1.49 bits per heavy atom. The molecule has 3 aromatic carbocycles. The molecule has 0 aliphatic carbocycles. The number of amides is 2. The molecule has 0 saturated carbocycles. The Morgan fingerprint density at radius 3 is 2.12 bits per heavy atom. The molecule has 2 aliphatic rings. The number of aromatic nitrogens is 2. The molecule has 11 heteroatoms. The molecule has 0 radical (unpaired) electrons. The zero-order valence-corrected chi connectivity index (χ0v) is 28.4. The van der Waals surface area contributed by atoms with E-state index in [0.29, 0.717) is 32.6 Å². The number of hydrogen-bond donors (Lipinski definition) is 1. The van der Waals surface area contributed by atoms with Crippen LogP contribution < -0.4 is 4.90 Å². The van der Waals surface area contributed by atoms with Crippen LogP contribution in [0.4, 0.5) is 10.5 Å². The Labute approximate surface area is 286 Å². The molecule has 0 bridgehead atoms. The highest BCUT2D eigenvalue weighted by Crippen LogP contribution is 2.39. The van der Waals surface area contributed by atoms with Crippen LogP contribution in [-0.4, -0.2) is 80.3 Å². The third-order valence-corrected chi connectivity index (χ3v) is 8.66. The van der Waals surface area contributed by atoms with Crippen molar-refractivity contribution in [1.82, 2.24) is 19.7 Å². The van der Waals surface area contributed by atoms with Crippen LogP contribution in [0.1, 0.15) is 62.8 Å². The third-order valence-electron chi connectivity index (χ3n) is 8.66. The summed E-state index contributed by atoms with van der Waals surface area (Å²) in [6.07, 6.45) is 1.65. The number of aliphatic carboxylic acids is 1. The summed E-state index contributed by atoms with van der Waals surface area (Å²) in [6, 6.07) is 25.5. The van der Waals surface area contributed by atoms with Gasteiger partial charge in [-0.05, 0) is 57.5 Å². The van der Waals surface area contributed by atoms with Crippen molar-refractivity contribution < 1.29 is 24.2 Å². The molecule has 1 atom stereocenters. The topological polar surface area (TPSA) is 121 Å². The highest BCUT2D eigenvalue weighted by atomic mass is 16.6. The summed E-state index contributed by atoms with van der Waals surface area (Å²) in [5, 5.41) is 20.6. The van der Waals surface area contributed by atoms with E-state index >= 15 is 0 Å². The predicted octanol–water partition coefficient (Wildman–Crippen LogP) is 6.45. The molecule has 49 heavy (non-hydrogen) atoms. The van der Waals surface area contributed by atoms with Crippen LogP contribution in [0.25, 0.3) is 16.9 Å². The molecule has 1 unspecified atom stereocenters. The van der Waals surface area contributed by atoms with Crippen LogP contribution in [0.5, 0.6) is 0 Å². The van der Waals surface area contributed by atoms with E-state index in [9.17, 15) is 19.5 Å². The second-order valence-electron chi connectivity index (χ2n) is 13.5.